The minimum Gasteiger partial charge on any atom is -0.504 e. The van der Waals surface area contributed by atoms with Gasteiger partial charge in [0.2, 0.25) is 11.8 Å². The molecule has 4 aromatic rings. The second kappa shape index (κ2) is 14.5. The molecule has 10 nitrogen and oxygen atoms in total. The molecule has 6 atom stereocenters. The third-order valence-corrected chi connectivity index (χ3v) is 12.2. The van der Waals surface area contributed by atoms with Crippen molar-refractivity contribution in [3.63, 3.8) is 0 Å². The number of hydrogen-bond acceptors (Lipinski definition) is 8. The number of nitrogens with one attached hydrogen (secondary N) is 1. The van der Waals surface area contributed by atoms with Crippen LogP contribution in [0.15, 0.2) is 103 Å². The van der Waals surface area contributed by atoms with Gasteiger partial charge in [0.1, 0.15) is 0 Å². The molecular formula is C43H33Cl2F3N4O6. The number of halogens is 5. The number of carbonyl (C=O) groups excluding carboxylic acids is 4. The monoisotopic (exact) mass is 828 g/mol. The molecule has 2 saturated heterocycles. The highest BCUT2D eigenvalue weighted by Crippen LogP contribution is 2.62. The number of alkyl halides is 3. The number of aromatic nitrogens is 1. The fourth-order valence-corrected chi connectivity index (χ4v) is 9.38. The van der Waals surface area contributed by atoms with Gasteiger partial charge in [-0.2, -0.15) is 18.2 Å². The number of hydrazine groups is 1. The first kappa shape index (κ1) is 38.9. The first-order valence-electron chi connectivity index (χ1n) is 18.2. The number of phenols is 1. The third kappa shape index (κ3) is 6.15. The molecule has 2 aliphatic heterocycles. The summed E-state index contributed by atoms with van der Waals surface area (Å²) in [4.78, 5) is 63.7. The van der Waals surface area contributed by atoms with Crippen LogP contribution in [0.5, 0.6) is 11.5 Å². The lowest BCUT2D eigenvalue weighted by atomic mass is 9.50. The zero-order valence-corrected chi connectivity index (χ0v) is 32.1. The Morgan fingerprint density at radius 2 is 1.66 bits per heavy atom. The van der Waals surface area contributed by atoms with Gasteiger partial charge in [0.15, 0.2) is 17.3 Å². The Labute approximate surface area is 340 Å². The van der Waals surface area contributed by atoms with Crippen molar-refractivity contribution in [2.24, 2.45) is 29.6 Å². The number of methoxy groups -OCH3 is 1. The number of imide groups is 2. The summed E-state index contributed by atoms with van der Waals surface area (Å²) >= 11 is 12.6. The predicted molar refractivity (Wildman–Crippen MR) is 210 cm³/mol. The molecule has 1 saturated carbocycles. The molecule has 4 amide bonds. The molecule has 296 valence electrons. The number of phenolic OH excluding ortho intramolecular Hbond substituents is 1. The van der Waals surface area contributed by atoms with E-state index in [-0.39, 0.29) is 36.1 Å². The zero-order chi connectivity index (χ0) is 41.3. The number of nitrogens with zero attached hydrogens (tertiary/aromatic N) is 3. The molecule has 0 unspecified atom stereocenters. The molecule has 2 aliphatic carbocycles. The van der Waals surface area contributed by atoms with Gasteiger partial charge in [0, 0.05) is 17.1 Å². The largest absolute Gasteiger partial charge is 0.504 e. The van der Waals surface area contributed by atoms with Crippen molar-refractivity contribution in [2.75, 3.05) is 17.4 Å². The Morgan fingerprint density at radius 3 is 2.31 bits per heavy atom. The van der Waals surface area contributed by atoms with Crippen molar-refractivity contribution in [3.8, 4) is 11.5 Å². The smallest absolute Gasteiger partial charge is 0.417 e. The Kier molecular flexibility index (Phi) is 9.72. The Morgan fingerprint density at radius 1 is 0.948 bits per heavy atom. The molecule has 4 aliphatic rings. The van der Waals surface area contributed by atoms with E-state index < -0.39 is 69.5 Å². The Hall–Kier alpha value is -5.92. The maximum Gasteiger partial charge on any atom is 0.417 e. The molecule has 3 fully saturated rings. The minimum atomic E-state index is -4.76. The van der Waals surface area contributed by atoms with Gasteiger partial charge in [-0.3, -0.25) is 29.5 Å². The highest BCUT2D eigenvalue weighted by Gasteiger charge is 2.69. The van der Waals surface area contributed by atoms with Gasteiger partial charge in [-0.05, 0) is 77.9 Å². The summed E-state index contributed by atoms with van der Waals surface area (Å²) in [5, 5.41) is 10.9. The van der Waals surface area contributed by atoms with Gasteiger partial charge >= 0.3 is 6.18 Å². The van der Waals surface area contributed by atoms with Crippen LogP contribution < -0.4 is 15.1 Å². The van der Waals surface area contributed by atoms with Crippen molar-refractivity contribution in [1.82, 2.24) is 9.99 Å². The molecule has 58 heavy (non-hydrogen) atoms. The van der Waals surface area contributed by atoms with Crippen LogP contribution in [0, 0.1) is 29.6 Å². The van der Waals surface area contributed by atoms with Crippen molar-refractivity contribution in [1.29, 1.82) is 0 Å². The van der Waals surface area contributed by atoms with Gasteiger partial charge in [0.25, 0.3) is 11.8 Å². The van der Waals surface area contributed by atoms with Gasteiger partial charge in [-0.1, -0.05) is 90.0 Å². The number of hydrogen-bond donors (Lipinski definition) is 2. The zero-order valence-electron chi connectivity index (χ0n) is 30.5. The molecule has 0 spiro atoms. The number of aromatic hydroxyl groups is 1. The molecule has 3 aromatic carbocycles. The maximum absolute atomic E-state index is 15.3. The number of ether oxygens (including phenoxy) is 1. The highest BCUT2D eigenvalue weighted by atomic mass is 35.5. The topological polar surface area (TPSA) is 129 Å². The normalized spacial score (nSPS) is 25.4. The SMILES string of the molecule is C=Cc1ccc(N2C(=O)[C@H]3[C@H](CC=C4[C@H]3C[C@H]3C(=O)N(Nc5ncc(C(F)(F)F)cc5Cl)C(=O)[C@@]3(c3ccc(Cl)cc3)[C@H]4C=Cc3ccc(O)c(OC)c3)C2=O)cc1. The van der Waals surface area contributed by atoms with Gasteiger partial charge in [0.05, 0.1) is 46.6 Å². The minimum absolute atomic E-state index is 0.0355. The fraction of sp³-hybridized carbons (Fsp3) is 0.233. The second-order valence-corrected chi connectivity index (χ2v) is 15.4. The van der Waals surface area contributed by atoms with Gasteiger partial charge < -0.3 is 9.84 Å². The van der Waals surface area contributed by atoms with E-state index in [9.17, 15) is 32.7 Å². The summed E-state index contributed by atoms with van der Waals surface area (Å²) < 4.78 is 45.8. The molecule has 15 heteroatoms. The number of benzene rings is 3. The lowest BCUT2D eigenvalue weighted by Gasteiger charge is -2.49. The second-order valence-electron chi connectivity index (χ2n) is 14.6. The van der Waals surface area contributed by atoms with Crippen LogP contribution in [-0.2, 0) is 30.8 Å². The first-order chi connectivity index (χ1) is 27.7. The molecule has 2 N–H and O–H groups in total. The molecule has 3 heterocycles. The predicted octanol–water partition coefficient (Wildman–Crippen LogP) is 8.50. The number of fused-ring (bicyclic) bond motifs is 4. The number of rotatable bonds is 8. The quantitative estimate of drug-likeness (QED) is 0.134. The van der Waals surface area contributed by atoms with Gasteiger partial charge in [-0.25, -0.2) is 4.98 Å². The van der Waals surface area contributed by atoms with E-state index in [1.165, 1.54) is 18.1 Å². The van der Waals surface area contributed by atoms with Crippen LogP contribution in [0.3, 0.4) is 0 Å². The maximum atomic E-state index is 15.3. The van der Waals surface area contributed by atoms with Crippen molar-refractivity contribution < 1.29 is 42.2 Å². The summed E-state index contributed by atoms with van der Waals surface area (Å²) in [7, 11) is 1.40. The summed E-state index contributed by atoms with van der Waals surface area (Å²) in [6.45, 7) is 3.77. The average molecular weight is 830 g/mol. The molecule has 0 bridgehead atoms. The molecular weight excluding hydrogens is 796 g/mol. The Bertz CT molecular complexity index is 2460. The molecule has 1 aromatic heterocycles. The van der Waals surface area contributed by atoms with Crippen LogP contribution in [-0.4, -0.2) is 45.8 Å². The standard InChI is InChI=1S/C43H33Cl2F3N4O6/c1-3-22-4-12-27(13-5-22)51-38(54)29-15-14-28-30(36(29)40(51)56)20-32-39(55)52(50-37-33(45)19-25(21-49-37)43(46,47)48)41(57)42(32,24-8-10-26(44)11-9-24)31(28)16-6-23-7-17-34(53)35(18-23)58-2/h3-14,16-19,21,29-32,36,53H,1,15,20H2,2H3,(H,49,50)/t29-,30+,31-,32-,36-,42-/m0/s1. The van der Waals surface area contributed by atoms with Crippen LogP contribution in [0.2, 0.25) is 10.0 Å². The van der Waals surface area contributed by atoms with E-state index in [1.807, 2.05) is 6.08 Å². The molecule has 8 rings (SSSR count). The first-order valence-corrected chi connectivity index (χ1v) is 18.9. The van der Waals surface area contributed by atoms with Crippen LogP contribution in [0.1, 0.15) is 35.1 Å². The lowest BCUT2D eigenvalue weighted by Crippen LogP contribution is -2.54. The summed E-state index contributed by atoms with van der Waals surface area (Å²) in [6.07, 6.45) is 2.92. The number of carbonyl (C=O) groups is 4. The van der Waals surface area contributed by atoms with E-state index in [0.717, 1.165) is 10.6 Å². The highest BCUT2D eigenvalue weighted by molar-refractivity contribution is 6.33. The van der Waals surface area contributed by atoms with E-state index >= 15 is 4.79 Å². The summed E-state index contributed by atoms with van der Waals surface area (Å²) in [6, 6.07) is 18.6. The summed E-state index contributed by atoms with van der Waals surface area (Å²) in [5.74, 6) is -6.99. The van der Waals surface area contributed by atoms with Crippen molar-refractivity contribution >= 4 is 70.5 Å². The van der Waals surface area contributed by atoms with Gasteiger partial charge in [-0.15, -0.1) is 0 Å². The Balaban J connectivity index is 1.28. The van der Waals surface area contributed by atoms with Crippen LogP contribution in [0.4, 0.5) is 24.7 Å². The van der Waals surface area contributed by atoms with Crippen molar-refractivity contribution in [2.45, 2.75) is 24.4 Å². The lowest BCUT2D eigenvalue weighted by molar-refractivity contribution is -0.139. The van der Waals surface area contributed by atoms with Crippen LogP contribution >= 0.6 is 23.2 Å². The third-order valence-electron chi connectivity index (χ3n) is 11.7. The van der Waals surface area contributed by atoms with Crippen LogP contribution in [0.25, 0.3) is 12.2 Å². The fourth-order valence-electron chi connectivity index (χ4n) is 9.05. The van der Waals surface area contributed by atoms with Crippen molar-refractivity contribution in [3.05, 3.63) is 136 Å². The number of pyridine rings is 1. The number of anilines is 2. The number of amides is 4. The summed E-state index contributed by atoms with van der Waals surface area (Å²) in [5.41, 5.74) is 2.62. The van der Waals surface area contributed by atoms with E-state index in [4.69, 9.17) is 27.9 Å². The number of allylic oxidation sites excluding steroid dienone is 3. The van der Waals surface area contributed by atoms with E-state index in [0.29, 0.717) is 39.7 Å². The van der Waals surface area contributed by atoms with E-state index in [1.54, 1.807) is 78.9 Å². The van der Waals surface area contributed by atoms with E-state index in [2.05, 4.69) is 17.0 Å². The molecule has 0 radical (unpaired) electrons. The average Bonchev–Trinajstić information content (AvgIpc) is 3.59.